The first-order valence-electron chi connectivity index (χ1n) is 5.54. The van der Waals surface area contributed by atoms with Crippen molar-refractivity contribution in [2.45, 2.75) is 39.0 Å². The molecule has 1 aromatic rings. The topological polar surface area (TPSA) is 37.3 Å². The van der Waals surface area contributed by atoms with Crippen molar-refractivity contribution in [3.05, 3.63) is 29.3 Å². The van der Waals surface area contributed by atoms with Crippen LogP contribution < -0.4 is 0 Å². The van der Waals surface area contributed by atoms with Crippen LogP contribution in [0.2, 0.25) is 0 Å². The van der Waals surface area contributed by atoms with Gasteiger partial charge in [0.2, 0.25) is 0 Å². The molecule has 2 nitrogen and oxygen atoms in total. The Balaban J connectivity index is 2.53. The fourth-order valence-electron chi connectivity index (χ4n) is 1.67. The van der Waals surface area contributed by atoms with Gasteiger partial charge in [0.25, 0.3) is 0 Å². The molecule has 0 aliphatic carbocycles. The number of aldehydes is 1. The summed E-state index contributed by atoms with van der Waals surface area (Å²) in [5.74, 6) is 0.185. The summed E-state index contributed by atoms with van der Waals surface area (Å²) in [7, 11) is 0. The van der Waals surface area contributed by atoms with Crippen molar-refractivity contribution in [1.29, 1.82) is 0 Å². The van der Waals surface area contributed by atoms with Crippen molar-refractivity contribution in [1.82, 2.24) is 0 Å². The second-order valence-corrected chi connectivity index (χ2v) is 3.86. The van der Waals surface area contributed by atoms with Crippen molar-refractivity contribution in [3.63, 3.8) is 0 Å². The number of benzene rings is 1. The molecule has 1 rings (SSSR count). The predicted octanol–water partition coefficient (Wildman–Crippen LogP) is 3.33. The molecular weight excluding hydrogens is 188 g/mol. The monoisotopic (exact) mass is 206 g/mol. The zero-order valence-electron chi connectivity index (χ0n) is 9.20. The number of phenolic OH excluding ortho intramolecular Hbond substituents is 1. The van der Waals surface area contributed by atoms with Gasteiger partial charge in [0, 0.05) is 5.56 Å². The number of aryl methyl sites for hydroxylation is 1. The molecule has 15 heavy (non-hydrogen) atoms. The number of carbonyl (C=O) groups excluding carboxylic acids is 1. The highest BCUT2D eigenvalue weighted by Crippen LogP contribution is 2.16. The van der Waals surface area contributed by atoms with Gasteiger partial charge in [0.05, 0.1) is 0 Å². The van der Waals surface area contributed by atoms with Crippen LogP contribution in [0.15, 0.2) is 18.2 Å². The fourth-order valence-corrected chi connectivity index (χ4v) is 1.67. The molecule has 1 N–H and O–H groups in total. The Labute approximate surface area is 90.9 Å². The summed E-state index contributed by atoms with van der Waals surface area (Å²) >= 11 is 0. The first-order chi connectivity index (χ1) is 7.26. The highest BCUT2D eigenvalue weighted by Gasteiger charge is 1.99. The van der Waals surface area contributed by atoms with Gasteiger partial charge in [-0.1, -0.05) is 26.2 Å². The molecule has 1 aromatic carbocycles. The summed E-state index contributed by atoms with van der Waals surface area (Å²) in [4.78, 5) is 10.6. The highest BCUT2D eigenvalue weighted by molar-refractivity contribution is 5.75. The van der Waals surface area contributed by atoms with E-state index in [0.717, 1.165) is 24.7 Å². The normalized spacial score (nSPS) is 10.2. The molecular formula is C13H18O2. The summed E-state index contributed by atoms with van der Waals surface area (Å²) in [5, 5.41) is 9.37. The first-order valence-corrected chi connectivity index (χ1v) is 5.54. The highest BCUT2D eigenvalue weighted by atomic mass is 16.3. The van der Waals surface area contributed by atoms with Crippen LogP contribution >= 0.6 is 0 Å². The van der Waals surface area contributed by atoms with Crippen LogP contribution in [0.25, 0.3) is 0 Å². The molecule has 2 heteroatoms. The van der Waals surface area contributed by atoms with Gasteiger partial charge in [-0.2, -0.15) is 0 Å². The van der Waals surface area contributed by atoms with Gasteiger partial charge in [-0.25, -0.2) is 0 Å². The molecule has 0 aromatic heterocycles. The Morgan fingerprint density at radius 2 is 2.00 bits per heavy atom. The van der Waals surface area contributed by atoms with E-state index < -0.39 is 0 Å². The lowest BCUT2D eigenvalue weighted by molar-refractivity contribution is 0.112. The van der Waals surface area contributed by atoms with Crippen LogP contribution in [-0.4, -0.2) is 11.4 Å². The fraction of sp³-hybridized carbons (Fsp3) is 0.462. The third kappa shape index (κ3) is 4.15. The molecule has 0 aliphatic heterocycles. The molecule has 0 spiro atoms. The molecule has 0 amide bonds. The Morgan fingerprint density at radius 3 is 2.67 bits per heavy atom. The molecule has 0 radical (unpaired) electrons. The molecule has 0 bridgehead atoms. The zero-order valence-corrected chi connectivity index (χ0v) is 9.20. The van der Waals surface area contributed by atoms with E-state index in [9.17, 15) is 9.90 Å². The van der Waals surface area contributed by atoms with Gasteiger partial charge < -0.3 is 5.11 Å². The molecule has 0 fully saturated rings. The Hall–Kier alpha value is -1.31. The summed E-state index contributed by atoms with van der Waals surface area (Å²) in [6, 6.07) is 5.07. The number of carbonyl (C=O) groups is 1. The standard InChI is InChI=1S/C13H18O2/c1-2-3-4-5-6-11-7-12(10-14)9-13(15)8-11/h7-10,15H,2-6H2,1H3. The van der Waals surface area contributed by atoms with Crippen LogP contribution in [0.4, 0.5) is 0 Å². The largest absolute Gasteiger partial charge is 0.508 e. The number of hydrogen-bond donors (Lipinski definition) is 1. The van der Waals surface area contributed by atoms with E-state index in [0.29, 0.717) is 5.56 Å². The lowest BCUT2D eigenvalue weighted by Crippen LogP contribution is -1.89. The van der Waals surface area contributed by atoms with Crippen LogP contribution in [-0.2, 0) is 6.42 Å². The van der Waals surface area contributed by atoms with Gasteiger partial charge in [0.15, 0.2) is 0 Å². The van der Waals surface area contributed by atoms with E-state index >= 15 is 0 Å². The molecule has 0 unspecified atom stereocenters. The average Bonchev–Trinajstić information content (AvgIpc) is 2.23. The Kier molecular flexibility index (Phi) is 4.88. The quantitative estimate of drug-likeness (QED) is 0.572. The average molecular weight is 206 g/mol. The summed E-state index contributed by atoms with van der Waals surface area (Å²) < 4.78 is 0. The van der Waals surface area contributed by atoms with Gasteiger partial charge in [-0.05, 0) is 36.6 Å². The van der Waals surface area contributed by atoms with Crippen LogP contribution in [0.1, 0.15) is 48.5 Å². The molecule has 0 heterocycles. The summed E-state index contributed by atoms with van der Waals surface area (Å²) in [5.41, 5.74) is 1.61. The summed E-state index contributed by atoms with van der Waals surface area (Å²) in [6.07, 6.45) is 6.52. The second-order valence-electron chi connectivity index (χ2n) is 3.86. The van der Waals surface area contributed by atoms with Crippen molar-refractivity contribution < 1.29 is 9.90 Å². The predicted molar refractivity (Wildman–Crippen MR) is 61.3 cm³/mol. The van der Waals surface area contributed by atoms with Crippen LogP contribution in [0.5, 0.6) is 5.75 Å². The van der Waals surface area contributed by atoms with E-state index in [1.54, 1.807) is 6.07 Å². The number of unbranched alkanes of at least 4 members (excludes halogenated alkanes) is 3. The van der Waals surface area contributed by atoms with E-state index in [4.69, 9.17) is 0 Å². The lowest BCUT2D eigenvalue weighted by Gasteiger charge is -2.03. The van der Waals surface area contributed by atoms with E-state index in [1.165, 1.54) is 25.3 Å². The smallest absolute Gasteiger partial charge is 0.150 e. The third-order valence-corrected chi connectivity index (χ3v) is 2.45. The SMILES string of the molecule is CCCCCCc1cc(O)cc(C=O)c1. The van der Waals surface area contributed by atoms with E-state index in [-0.39, 0.29) is 5.75 Å². The van der Waals surface area contributed by atoms with E-state index in [2.05, 4.69) is 6.92 Å². The molecule has 0 saturated heterocycles. The second kappa shape index (κ2) is 6.23. The summed E-state index contributed by atoms with van der Waals surface area (Å²) in [6.45, 7) is 2.18. The number of phenols is 1. The Morgan fingerprint density at radius 1 is 1.20 bits per heavy atom. The minimum Gasteiger partial charge on any atom is -0.508 e. The molecule has 82 valence electrons. The molecule has 0 atom stereocenters. The van der Waals surface area contributed by atoms with Gasteiger partial charge in [0.1, 0.15) is 12.0 Å². The van der Waals surface area contributed by atoms with Crippen molar-refractivity contribution in [3.8, 4) is 5.75 Å². The lowest BCUT2D eigenvalue weighted by atomic mass is 10.0. The minimum absolute atomic E-state index is 0.185. The number of aromatic hydroxyl groups is 1. The van der Waals surface area contributed by atoms with Crippen LogP contribution in [0, 0.1) is 0 Å². The van der Waals surface area contributed by atoms with Crippen LogP contribution in [0.3, 0.4) is 0 Å². The zero-order chi connectivity index (χ0) is 11.1. The van der Waals surface area contributed by atoms with Crippen molar-refractivity contribution in [2.75, 3.05) is 0 Å². The third-order valence-electron chi connectivity index (χ3n) is 2.45. The van der Waals surface area contributed by atoms with Crippen molar-refractivity contribution in [2.24, 2.45) is 0 Å². The van der Waals surface area contributed by atoms with Gasteiger partial charge in [-0.3, -0.25) is 4.79 Å². The Bertz CT molecular complexity index is 318. The maximum Gasteiger partial charge on any atom is 0.150 e. The minimum atomic E-state index is 0.185. The van der Waals surface area contributed by atoms with Gasteiger partial charge >= 0.3 is 0 Å². The maximum atomic E-state index is 10.6. The first kappa shape index (κ1) is 11.8. The molecule has 0 aliphatic rings. The van der Waals surface area contributed by atoms with Crippen molar-refractivity contribution >= 4 is 6.29 Å². The number of hydrogen-bond acceptors (Lipinski definition) is 2. The molecule has 0 saturated carbocycles. The number of rotatable bonds is 6. The van der Waals surface area contributed by atoms with E-state index in [1.807, 2.05) is 6.07 Å². The maximum absolute atomic E-state index is 10.6. The van der Waals surface area contributed by atoms with Gasteiger partial charge in [-0.15, -0.1) is 0 Å².